The second-order valence-electron chi connectivity index (χ2n) is 4.27. The second-order valence-corrected chi connectivity index (χ2v) is 4.68. The minimum Gasteiger partial charge on any atom is -0.316 e. The summed E-state index contributed by atoms with van der Waals surface area (Å²) < 4.78 is 1.98. The number of nitrogens with one attached hydrogen (secondary N) is 1. The van der Waals surface area contributed by atoms with E-state index >= 15 is 0 Å². The Morgan fingerprint density at radius 1 is 1.50 bits per heavy atom. The third-order valence-electron chi connectivity index (χ3n) is 2.66. The Morgan fingerprint density at radius 3 is 2.88 bits per heavy atom. The van der Waals surface area contributed by atoms with Crippen LogP contribution < -0.4 is 5.32 Å². The molecule has 0 saturated heterocycles. The van der Waals surface area contributed by atoms with Crippen molar-refractivity contribution in [3.05, 3.63) is 16.9 Å². The highest BCUT2D eigenvalue weighted by atomic mass is 35.5. The lowest BCUT2D eigenvalue weighted by molar-refractivity contribution is 0.487. The van der Waals surface area contributed by atoms with Crippen LogP contribution in [0.3, 0.4) is 0 Å². The zero-order chi connectivity index (χ0) is 12.0. The van der Waals surface area contributed by atoms with Gasteiger partial charge in [0.25, 0.3) is 0 Å². The van der Waals surface area contributed by atoms with E-state index in [1.54, 1.807) is 6.20 Å². The summed E-state index contributed by atoms with van der Waals surface area (Å²) in [4.78, 5) is 0. The summed E-state index contributed by atoms with van der Waals surface area (Å²) in [6, 6.07) is 0. The predicted molar refractivity (Wildman–Crippen MR) is 68.9 cm³/mol. The molecule has 0 spiro atoms. The van der Waals surface area contributed by atoms with Crippen molar-refractivity contribution >= 4 is 11.6 Å². The molecule has 3 nitrogen and oxygen atoms in total. The van der Waals surface area contributed by atoms with Crippen LogP contribution in [0.25, 0.3) is 0 Å². The Hall–Kier alpha value is -0.540. The molecule has 1 atom stereocenters. The fraction of sp³-hybridized carbons (Fsp3) is 0.750. The lowest BCUT2D eigenvalue weighted by Crippen LogP contribution is -2.23. The van der Waals surface area contributed by atoms with E-state index in [-0.39, 0.29) is 0 Å². The molecule has 4 heteroatoms. The van der Waals surface area contributed by atoms with Gasteiger partial charge < -0.3 is 5.32 Å². The summed E-state index contributed by atoms with van der Waals surface area (Å²) >= 11 is 6.13. The zero-order valence-corrected chi connectivity index (χ0v) is 11.2. The molecule has 0 aliphatic rings. The summed E-state index contributed by atoms with van der Waals surface area (Å²) in [6.07, 6.45) is 3.91. The fourth-order valence-corrected chi connectivity index (χ4v) is 2.01. The van der Waals surface area contributed by atoms with Gasteiger partial charge in [0.1, 0.15) is 0 Å². The molecule has 0 saturated carbocycles. The highest BCUT2D eigenvalue weighted by molar-refractivity contribution is 6.31. The summed E-state index contributed by atoms with van der Waals surface area (Å²) in [5.41, 5.74) is 1.16. The van der Waals surface area contributed by atoms with Crippen molar-refractivity contribution in [3.8, 4) is 0 Å². The van der Waals surface area contributed by atoms with Gasteiger partial charge in [0.2, 0.25) is 0 Å². The molecule has 0 aliphatic heterocycles. The molecular weight excluding hydrogens is 222 g/mol. The van der Waals surface area contributed by atoms with Gasteiger partial charge in [0.05, 0.1) is 16.9 Å². The molecule has 1 aromatic heterocycles. The molecule has 0 radical (unpaired) electrons. The fourth-order valence-electron chi connectivity index (χ4n) is 1.79. The molecule has 1 aromatic rings. The highest BCUT2D eigenvalue weighted by Crippen LogP contribution is 2.18. The Balaban J connectivity index is 2.48. The van der Waals surface area contributed by atoms with Crippen LogP contribution in [0, 0.1) is 5.92 Å². The Kier molecular flexibility index (Phi) is 5.85. The largest absolute Gasteiger partial charge is 0.316 e. The maximum atomic E-state index is 6.13. The number of rotatable bonds is 7. The SMILES string of the molecule is CCCNCC(C)Cc1c(Cl)cnn1CC. The average molecular weight is 244 g/mol. The molecule has 0 fully saturated rings. The van der Waals surface area contributed by atoms with Crippen molar-refractivity contribution in [1.29, 1.82) is 0 Å². The van der Waals surface area contributed by atoms with Crippen LogP contribution in [-0.4, -0.2) is 22.9 Å². The van der Waals surface area contributed by atoms with Crippen LogP contribution >= 0.6 is 11.6 Å². The summed E-state index contributed by atoms with van der Waals surface area (Å²) in [7, 11) is 0. The maximum absolute atomic E-state index is 6.13. The summed E-state index contributed by atoms with van der Waals surface area (Å²) in [6.45, 7) is 9.53. The van der Waals surface area contributed by atoms with Crippen molar-refractivity contribution in [3.63, 3.8) is 0 Å². The lowest BCUT2D eigenvalue weighted by Gasteiger charge is -2.13. The van der Waals surface area contributed by atoms with Crippen molar-refractivity contribution < 1.29 is 0 Å². The number of hydrogen-bond donors (Lipinski definition) is 1. The molecule has 16 heavy (non-hydrogen) atoms. The van der Waals surface area contributed by atoms with Gasteiger partial charge in [-0.25, -0.2) is 0 Å². The Labute approximate surface area is 103 Å². The van der Waals surface area contributed by atoms with Crippen LogP contribution in [0.5, 0.6) is 0 Å². The molecule has 0 bridgehead atoms. The van der Waals surface area contributed by atoms with Crippen molar-refractivity contribution in [2.45, 2.75) is 40.2 Å². The Bertz CT molecular complexity index is 309. The summed E-state index contributed by atoms with van der Waals surface area (Å²) in [5.74, 6) is 0.589. The van der Waals surface area contributed by atoms with E-state index < -0.39 is 0 Å². The topological polar surface area (TPSA) is 29.9 Å². The molecule has 1 heterocycles. The first-order chi connectivity index (χ1) is 7.69. The molecule has 0 aliphatic carbocycles. The average Bonchev–Trinajstić information content (AvgIpc) is 2.61. The van der Waals surface area contributed by atoms with Gasteiger partial charge in [-0.3, -0.25) is 4.68 Å². The number of aryl methyl sites for hydroxylation is 1. The van der Waals surface area contributed by atoms with E-state index in [9.17, 15) is 0 Å². The van der Waals surface area contributed by atoms with E-state index in [0.29, 0.717) is 5.92 Å². The van der Waals surface area contributed by atoms with Gasteiger partial charge in [-0.1, -0.05) is 25.4 Å². The smallest absolute Gasteiger partial charge is 0.0817 e. The van der Waals surface area contributed by atoms with Gasteiger partial charge in [0.15, 0.2) is 0 Å². The minimum atomic E-state index is 0.589. The van der Waals surface area contributed by atoms with Crippen molar-refractivity contribution in [2.24, 2.45) is 5.92 Å². The summed E-state index contributed by atoms with van der Waals surface area (Å²) in [5, 5.41) is 8.48. The first-order valence-corrected chi connectivity index (χ1v) is 6.47. The quantitative estimate of drug-likeness (QED) is 0.747. The minimum absolute atomic E-state index is 0.589. The highest BCUT2D eigenvalue weighted by Gasteiger charge is 2.11. The first kappa shape index (κ1) is 13.5. The van der Waals surface area contributed by atoms with Crippen molar-refractivity contribution in [1.82, 2.24) is 15.1 Å². The van der Waals surface area contributed by atoms with E-state index in [1.165, 1.54) is 6.42 Å². The van der Waals surface area contributed by atoms with Gasteiger partial charge >= 0.3 is 0 Å². The van der Waals surface area contributed by atoms with Crippen LogP contribution in [0.2, 0.25) is 5.02 Å². The second kappa shape index (κ2) is 6.92. The normalized spacial score (nSPS) is 13.0. The van der Waals surface area contributed by atoms with Gasteiger partial charge in [0, 0.05) is 6.54 Å². The van der Waals surface area contributed by atoms with Crippen LogP contribution in [0.4, 0.5) is 0 Å². The molecule has 1 rings (SSSR count). The molecule has 1 unspecified atom stereocenters. The van der Waals surface area contributed by atoms with E-state index in [4.69, 9.17) is 11.6 Å². The van der Waals surface area contributed by atoms with Gasteiger partial charge in [-0.05, 0) is 38.8 Å². The molecular formula is C12H22ClN3. The van der Waals surface area contributed by atoms with Crippen LogP contribution in [0.15, 0.2) is 6.20 Å². The van der Waals surface area contributed by atoms with Crippen LogP contribution in [-0.2, 0) is 13.0 Å². The number of hydrogen-bond acceptors (Lipinski definition) is 2. The monoisotopic (exact) mass is 243 g/mol. The molecule has 0 aromatic carbocycles. The Morgan fingerprint density at radius 2 is 2.25 bits per heavy atom. The van der Waals surface area contributed by atoms with Crippen LogP contribution in [0.1, 0.15) is 32.9 Å². The third-order valence-corrected chi connectivity index (χ3v) is 2.97. The first-order valence-electron chi connectivity index (χ1n) is 6.09. The standard InChI is InChI=1S/C12H22ClN3/c1-4-6-14-8-10(3)7-12-11(13)9-15-16(12)5-2/h9-10,14H,4-8H2,1-3H3. The third kappa shape index (κ3) is 3.80. The van der Waals surface area contributed by atoms with E-state index in [1.807, 2.05) is 4.68 Å². The number of aromatic nitrogens is 2. The molecule has 1 N–H and O–H groups in total. The van der Waals surface area contributed by atoms with Gasteiger partial charge in [-0.2, -0.15) is 5.10 Å². The number of halogens is 1. The molecule has 92 valence electrons. The van der Waals surface area contributed by atoms with E-state index in [0.717, 1.165) is 36.8 Å². The van der Waals surface area contributed by atoms with Crippen molar-refractivity contribution in [2.75, 3.05) is 13.1 Å². The molecule has 0 amide bonds. The van der Waals surface area contributed by atoms with E-state index in [2.05, 4.69) is 31.2 Å². The predicted octanol–water partition coefficient (Wildman–Crippen LogP) is 2.73. The van der Waals surface area contributed by atoms with Gasteiger partial charge in [-0.15, -0.1) is 0 Å². The zero-order valence-electron chi connectivity index (χ0n) is 10.5. The number of nitrogens with zero attached hydrogens (tertiary/aromatic N) is 2. The lowest BCUT2D eigenvalue weighted by atomic mass is 10.1. The maximum Gasteiger partial charge on any atom is 0.0817 e.